The molecular formula is C11H9N3O4. The van der Waals surface area contributed by atoms with E-state index >= 15 is 0 Å². The summed E-state index contributed by atoms with van der Waals surface area (Å²) in [4.78, 5) is 29.5. The van der Waals surface area contributed by atoms with Crippen LogP contribution in [-0.2, 0) is 6.54 Å². The van der Waals surface area contributed by atoms with Gasteiger partial charge in [-0.1, -0.05) is 0 Å². The summed E-state index contributed by atoms with van der Waals surface area (Å²) in [6.07, 6.45) is 5.89. The van der Waals surface area contributed by atoms with Crippen LogP contribution in [0, 0.1) is 0 Å². The minimum absolute atomic E-state index is 0.122. The number of aromatic carboxylic acids is 2. The number of aromatic nitrogens is 3. The van der Waals surface area contributed by atoms with Crippen molar-refractivity contribution in [1.82, 2.24) is 14.5 Å². The van der Waals surface area contributed by atoms with Crippen LogP contribution in [-0.4, -0.2) is 36.7 Å². The maximum atomic E-state index is 11.1. The topological polar surface area (TPSA) is 105 Å². The van der Waals surface area contributed by atoms with Gasteiger partial charge in [0.05, 0.1) is 29.7 Å². The SMILES string of the molecule is O=C(O)c1cnc(Cn2ccnc2)c(C(=O)O)c1. The number of carboxylic acids is 2. The third-order valence-corrected chi connectivity index (χ3v) is 2.34. The molecule has 0 spiro atoms. The van der Waals surface area contributed by atoms with Gasteiger partial charge in [0.25, 0.3) is 0 Å². The Labute approximate surface area is 101 Å². The molecule has 0 aliphatic carbocycles. The molecule has 0 fully saturated rings. The second-order valence-corrected chi connectivity index (χ2v) is 3.56. The van der Waals surface area contributed by atoms with Gasteiger partial charge in [0.15, 0.2) is 0 Å². The molecule has 2 rings (SSSR count). The van der Waals surface area contributed by atoms with Gasteiger partial charge in [0.2, 0.25) is 0 Å². The minimum atomic E-state index is -1.21. The lowest BCUT2D eigenvalue weighted by molar-refractivity contribution is 0.0695. The van der Waals surface area contributed by atoms with Crippen molar-refractivity contribution < 1.29 is 19.8 Å². The smallest absolute Gasteiger partial charge is 0.337 e. The maximum absolute atomic E-state index is 11.1. The highest BCUT2D eigenvalue weighted by Gasteiger charge is 2.15. The molecule has 92 valence electrons. The van der Waals surface area contributed by atoms with E-state index in [0.29, 0.717) is 0 Å². The van der Waals surface area contributed by atoms with E-state index in [1.165, 1.54) is 6.33 Å². The second kappa shape index (κ2) is 4.66. The average Bonchev–Trinajstić information content (AvgIpc) is 2.81. The summed E-state index contributed by atoms with van der Waals surface area (Å²) in [7, 11) is 0. The van der Waals surface area contributed by atoms with Gasteiger partial charge in [-0.3, -0.25) is 4.98 Å². The van der Waals surface area contributed by atoms with Crippen LogP contribution in [0.2, 0.25) is 0 Å². The van der Waals surface area contributed by atoms with Crippen LogP contribution in [0.1, 0.15) is 26.4 Å². The number of rotatable bonds is 4. The summed E-state index contributed by atoms with van der Waals surface area (Å²) in [5, 5.41) is 17.8. The van der Waals surface area contributed by atoms with Crippen LogP contribution in [0.4, 0.5) is 0 Å². The van der Waals surface area contributed by atoms with Gasteiger partial charge in [0.1, 0.15) is 0 Å². The normalized spacial score (nSPS) is 10.2. The molecule has 0 aliphatic rings. The van der Waals surface area contributed by atoms with E-state index in [1.807, 2.05) is 0 Å². The Balaban J connectivity index is 2.40. The molecule has 2 aromatic rings. The fraction of sp³-hybridized carbons (Fsp3) is 0.0909. The first-order chi connectivity index (χ1) is 8.58. The summed E-state index contributed by atoms with van der Waals surface area (Å²) < 4.78 is 1.65. The molecule has 2 N–H and O–H groups in total. The second-order valence-electron chi connectivity index (χ2n) is 3.56. The number of nitrogens with zero attached hydrogens (tertiary/aromatic N) is 3. The predicted octanol–water partition coefficient (Wildman–Crippen LogP) is 0.723. The Morgan fingerprint density at radius 2 is 2.06 bits per heavy atom. The minimum Gasteiger partial charge on any atom is -0.478 e. The van der Waals surface area contributed by atoms with Crippen molar-refractivity contribution in [2.75, 3.05) is 0 Å². The molecule has 0 bridgehead atoms. The van der Waals surface area contributed by atoms with Gasteiger partial charge < -0.3 is 14.8 Å². The molecule has 0 atom stereocenters. The monoisotopic (exact) mass is 247 g/mol. The van der Waals surface area contributed by atoms with Crippen molar-refractivity contribution in [3.8, 4) is 0 Å². The van der Waals surface area contributed by atoms with Crippen molar-refractivity contribution in [3.05, 3.63) is 47.8 Å². The predicted molar refractivity (Wildman–Crippen MR) is 59.5 cm³/mol. The number of imidazole rings is 1. The summed E-state index contributed by atoms with van der Waals surface area (Å²) >= 11 is 0. The first-order valence-electron chi connectivity index (χ1n) is 4.99. The molecular weight excluding hydrogens is 238 g/mol. The fourth-order valence-electron chi connectivity index (χ4n) is 1.47. The molecule has 0 saturated heterocycles. The van der Waals surface area contributed by atoms with Gasteiger partial charge >= 0.3 is 11.9 Å². The number of pyridine rings is 1. The van der Waals surface area contributed by atoms with Crippen LogP contribution in [0.3, 0.4) is 0 Å². The van der Waals surface area contributed by atoms with E-state index in [2.05, 4.69) is 9.97 Å². The summed E-state index contributed by atoms with van der Waals surface area (Å²) in [5.41, 5.74) is 0.0101. The van der Waals surface area contributed by atoms with E-state index < -0.39 is 11.9 Å². The molecule has 2 aromatic heterocycles. The van der Waals surface area contributed by atoms with Crippen LogP contribution in [0.5, 0.6) is 0 Å². The Hall–Kier alpha value is -2.70. The van der Waals surface area contributed by atoms with Crippen molar-refractivity contribution >= 4 is 11.9 Å². The van der Waals surface area contributed by atoms with Gasteiger partial charge in [0, 0.05) is 18.6 Å². The molecule has 7 heteroatoms. The van der Waals surface area contributed by atoms with E-state index in [4.69, 9.17) is 10.2 Å². The molecule has 7 nitrogen and oxygen atoms in total. The zero-order valence-corrected chi connectivity index (χ0v) is 9.15. The Kier molecular flexibility index (Phi) is 3.05. The Morgan fingerprint density at radius 1 is 1.28 bits per heavy atom. The lowest BCUT2D eigenvalue weighted by Gasteiger charge is -2.06. The lowest BCUT2D eigenvalue weighted by atomic mass is 10.1. The van der Waals surface area contributed by atoms with E-state index in [9.17, 15) is 9.59 Å². The molecule has 0 aliphatic heterocycles. The first-order valence-corrected chi connectivity index (χ1v) is 4.99. The van der Waals surface area contributed by atoms with Crippen LogP contribution >= 0.6 is 0 Å². The molecule has 0 unspecified atom stereocenters. The zero-order chi connectivity index (χ0) is 13.1. The number of hydrogen-bond donors (Lipinski definition) is 2. The van der Waals surface area contributed by atoms with Gasteiger partial charge in [-0.15, -0.1) is 0 Å². The third kappa shape index (κ3) is 2.34. The highest BCUT2D eigenvalue weighted by atomic mass is 16.4. The van der Waals surface area contributed by atoms with Crippen molar-refractivity contribution in [1.29, 1.82) is 0 Å². The highest BCUT2D eigenvalue weighted by Crippen LogP contribution is 2.11. The quantitative estimate of drug-likeness (QED) is 0.824. The Morgan fingerprint density at radius 3 is 2.61 bits per heavy atom. The van der Waals surface area contributed by atoms with E-state index in [-0.39, 0.29) is 23.4 Å². The lowest BCUT2D eigenvalue weighted by Crippen LogP contribution is -2.11. The van der Waals surface area contributed by atoms with Crippen molar-refractivity contribution in [3.63, 3.8) is 0 Å². The average molecular weight is 247 g/mol. The van der Waals surface area contributed by atoms with Crippen molar-refractivity contribution in [2.45, 2.75) is 6.54 Å². The standard InChI is InChI=1S/C11H9N3O4/c15-10(16)7-3-8(11(17)18)9(13-4-7)5-14-2-1-12-6-14/h1-4,6H,5H2,(H,15,16)(H,17,18). The maximum Gasteiger partial charge on any atom is 0.337 e. The van der Waals surface area contributed by atoms with Crippen LogP contribution in [0.15, 0.2) is 31.0 Å². The Bertz CT molecular complexity index is 592. The molecule has 18 heavy (non-hydrogen) atoms. The zero-order valence-electron chi connectivity index (χ0n) is 9.15. The van der Waals surface area contributed by atoms with E-state index in [0.717, 1.165) is 12.3 Å². The van der Waals surface area contributed by atoms with Crippen LogP contribution < -0.4 is 0 Å². The highest BCUT2D eigenvalue weighted by molar-refractivity contribution is 5.94. The molecule has 2 heterocycles. The van der Waals surface area contributed by atoms with Gasteiger partial charge in [-0.25, -0.2) is 14.6 Å². The van der Waals surface area contributed by atoms with E-state index in [1.54, 1.807) is 17.0 Å². The number of carbonyl (C=O) groups is 2. The molecule has 0 amide bonds. The van der Waals surface area contributed by atoms with Crippen molar-refractivity contribution in [2.24, 2.45) is 0 Å². The summed E-state index contributed by atoms with van der Waals surface area (Å²) in [6.45, 7) is 0.224. The molecule has 0 radical (unpaired) electrons. The van der Waals surface area contributed by atoms with Gasteiger partial charge in [-0.2, -0.15) is 0 Å². The summed E-state index contributed by atoms with van der Waals surface area (Å²) in [6, 6.07) is 1.10. The van der Waals surface area contributed by atoms with Gasteiger partial charge in [-0.05, 0) is 6.07 Å². The third-order valence-electron chi connectivity index (χ3n) is 2.34. The fourth-order valence-corrected chi connectivity index (χ4v) is 1.47. The number of hydrogen-bond acceptors (Lipinski definition) is 4. The first kappa shape index (κ1) is 11.8. The molecule has 0 saturated carbocycles. The van der Waals surface area contributed by atoms with Crippen LogP contribution in [0.25, 0.3) is 0 Å². The molecule has 0 aromatic carbocycles. The summed E-state index contributed by atoms with van der Waals surface area (Å²) in [5.74, 6) is -2.42. The largest absolute Gasteiger partial charge is 0.478 e. The number of carboxylic acid groups (broad SMARTS) is 2.